The number of benzene rings is 1. The van der Waals surface area contributed by atoms with Gasteiger partial charge in [-0.25, -0.2) is 13.4 Å². The molecule has 0 spiro atoms. The highest BCUT2D eigenvalue weighted by molar-refractivity contribution is 7.92. The van der Waals surface area contributed by atoms with E-state index in [9.17, 15) is 13.2 Å². The SMILES string of the molecule is CS(=O)(=O)N(c1ccccc1)N1CCCC1=O. The Morgan fingerprint density at radius 3 is 2.35 bits per heavy atom. The summed E-state index contributed by atoms with van der Waals surface area (Å²) in [5, 5.41) is 1.30. The minimum atomic E-state index is -3.50. The third kappa shape index (κ3) is 2.41. The lowest BCUT2D eigenvalue weighted by molar-refractivity contribution is -0.127. The zero-order valence-electron chi connectivity index (χ0n) is 9.54. The van der Waals surface area contributed by atoms with Crippen LogP contribution in [0.2, 0.25) is 0 Å². The van der Waals surface area contributed by atoms with Crippen LogP contribution in [0, 0.1) is 0 Å². The molecule has 17 heavy (non-hydrogen) atoms. The monoisotopic (exact) mass is 254 g/mol. The second-order valence-electron chi connectivity index (χ2n) is 3.96. The van der Waals surface area contributed by atoms with Crippen LogP contribution in [0.4, 0.5) is 5.69 Å². The summed E-state index contributed by atoms with van der Waals surface area (Å²) in [6.45, 7) is 0.445. The number of carbonyl (C=O) groups is 1. The fourth-order valence-electron chi connectivity index (χ4n) is 1.89. The van der Waals surface area contributed by atoms with Crippen molar-refractivity contribution in [2.45, 2.75) is 12.8 Å². The molecule has 1 heterocycles. The Morgan fingerprint density at radius 1 is 1.24 bits per heavy atom. The van der Waals surface area contributed by atoms with Crippen LogP contribution in [0.5, 0.6) is 0 Å². The normalized spacial score (nSPS) is 16.3. The first-order valence-electron chi connectivity index (χ1n) is 5.36. The number of hydrogen-bond acceptors (Lipinski definition) is 3. The van der Waals surface area contributed by atoms with Crippen LogP contribution in [0.25, 0.3) is 0 Å². The Kier molecular flexibility index (Phi) is 3.06. The van der Waals surface area contributed by atoms with E-state index in [0.29, 0.717) is 25.1 Å². The van der Waals surface area contributed by atoms with Crippen molar-refractivity contribution in [3.63, 3.8) is 0 Å². The Labute approximate surface area is 101 Å². The van der Waals surface area contributed by atoms with E-state index in [1.807, 2.05) is 0 Å². The fourth-order valence-corrected chi connectivity index (χ4v) is 2.93. The summed E-state index contributed by atoms with van der Waals surface area (Å²) < 4.78 is 24.7. The third-order valence-corrected chi connectivity index (χ3v) is 3.60. The zero-order chi connectivity index (χ0) is 12.5. The standard InChI is InChI=1S/C11H14N2O3S/c1-17(15,16)13(10-6-3-2-4-7-10)12-9-5-8-11(12)14/h2-4,6-7H,5,8-9H2,1H3. The van der Waals surface area contributed by atoms with Crippen molar-refractivity contribution < 1.29 is 13.2 Å². The van der Waals surface area contributed by atoms with E-state index in [4.69, 9.17) is 0 Å². The van der Waals surface area contributed by atoms with Gasteiger partial charge in [0.25, 0.3) is 0 Å². The molecule has 0 atom stereocenters. The maximum Gasteiger partial charge on any atom is 0.249 e. The van der Waals surface area contributed by atoms with Gasteiger partial charge in [0.1, 0.15) is 0 Å². The predicted molar refractivity (Wildman–Crippen MR) is 64.7 cm³/mol. The van der Waals surface area contributed by atoms with Gasteiger partial charge in [-0.05, 0) is 18.6 Å². The molecule has 92 valence electrons. The summed E-state index contributed by atoms with van der Waals surface area (Å²) >= 11 is 0. The first-order valence-corrected chi connectivity index (χ1v) is 7.20. The van der Waals surface area contributed by atoms with Crippen LogP contribution in [-0.4, -0.2) is 32.1 Å². The number of hydrazine groups is 1. The van der Waals surface area contributed by atoms with Gasteiger partial charge < -0.3 is 0 Å². The molecule has 0 unspecified atom stereocenters. The zero-order valence-corrected chi connectivity index (χ0v) is 10.4. The summed E-state index contributed by atoms with van der Waals surface area (Å²) in [4.78, 5) is 11.7. The molecule has 2 rings (SSSR count). The number of anilines is 1. The van der Waals surface area contributed by atoms with Gasteiger partial charge in [0, 0.05) is 13.0 Å². The van der Waals surface area contributed by atoms with Gasteiger partial charge in [0.15, 0.2) is 0 Å². The molecule has 1 saturated heterocycles. The number of carbonyl (C=O) groups excluding carboxylic acids is 1. The topological polar surface area (TPSA) is 57.7 Å². The van der Waals surface area contributed by atoms with Gasteiger partial charge in [-0.15, -0.1) is 0 Å². The van der Waals surface area contributed by atoms with Crippen LogP contribution in [0.3, 0.4) is 0 Å². The molecular weight excluding hydrogens is 240 g/mol. The maximum atomic E-state index is 11.8. The number of amides is 1. The lowest BCUT2D eigenvalue weighted by Gasteiger charge is -2.30. The van der Waals surface area contributed by atoms with Crippen molar-refractivity contribution >= 4 is 21.6 Å². The average molecular weight is 254 g/mol. The van der Waals surface area contributed by atoms with Crippen molar-refractivity contribution in [2.75, 3.05) is 17.2 Å². The van der Waals surface area contributed by atoms with Crippen LogP contribution in [0.15, 0.2) is 30.3 Å². The fraction of sp³-hybridized carbons (Fsp3) is 0.364. The molecule has 1 amide bonds. The molecule has 1 fully saturated rings. The van der Waals surface area contributed by atoms with Crippen molar-refractivity contribution in [1.29, 1.82) is 0 Å². The van der Waals surface area contributed by atoms with Gasteiger partial charge in [0.2, 0.25) is 15.9 Å². The molecule has 0 saturated carbocycles. The van der Waals surface area contributed by atoms with Crippen LogP contribution < -0.4 is 4.41 Å². The molecule has 1 aromatic carbocycles. The lowest BCUT2D eigenvalue weighted by atomic mass is 10.3. The van der Waals surface area contributed by atoms with E-state index >= 15 is 0 Å². The minimum Gasteiger partial charge on any atom is -0.273 e. The molecule has 1 aromatic rings. The maximum absolute atomic E-state index is 11.8. The Hall–Kier alpha value is -1.56. The van der Waals surface area contributed by atoms with Gasteiger partial charge in [-0.3, -0.25) is 4.79 Å². The van der Waals surface area contributed by atoms with Crippen LogP contribution in [-0.2, 0) is 14.8 Å². The number of nitrogens with zero attached hydrogens (tertiary/aromatic N) is 2. The van der Waals surface area contributed by atoms with Crippen molar-refractivity contribution in [3.8, 4) is 0 Å². The Balaban J connectivity index is 2.43. The lowest BCUT2D eigenvalue weighted by Crippen LogP contribution is -2.46. The first-order chi connectivity index (χ1) is 8.00. The molecular formula is C11H14N2O3S. The summed E-state index contributed by atoms with van der Waals surface area (Å²) in [6, 6.07) is 8.64. The molecule has 0 aromatic heterocycles. The smallest absolute Gasteiger partial charge is 0.249 e. The third-order valence-electron chi connectivity index (χ3n) is 2.56. The Morgan fingerprint density at radius 2 is 1.88 bits per heavy atom. The molecule has 1 aliphatic heterocycles. The number of sulfonamides is 1. The summed E-state index contributed by atoms with van der Waals surface area (Å²) in [5.41, 5.74) is 0.491. The summed E-state index contributed by atoms with van der Waals surface area (Å²) in [7, 11) is -3.50. The second-order valence-corrected chi connectivity index (χ2v) is 5.77. The number of hydrogen-bond donors (Lipinski definition) is 0. The minimum absolute atomic E-state index is 0.153. The average Bonchev–Trinajstić information content (AvgIpc) is 2.65. The molecule has 0 bridgehead atoms. The van der Waals surface area contributed by atoms with Gasteiger partial charge in [-0.1, -0.05) is 18.2 Å². The first kappa shape index (κ1) is 11.9. The van der Waals surface area contributed by atoms with E-state index < -0.39 is 10.0 Å². The van der Waals surface area contributed by atoms with Crippen LogP contribution >= 0.6 is 0 Å². The van der Waals surface area contributed by atoms with Gasteiger partial charge in [-0.2, -0.15) is 4.41 Å². The second kappa shape index (κ2) is 4.37. The van der Waals surface area contributed by atoms with Gasteiger partial charge >= 0.3 is 0 Å². The largest absolute Gasteiger partial charge is 0.273 e. The molecule has 0 aliphatic carbocycles. The summed E-state index contributed by atoms with van der Waals surface area (Å²) in [5.74, 6) is -0.153. The summed E-state index contributed by atoms with van der Waals surface area (Å²) in [6.07, 6.45) is 2.20. The molecule has 0 N–H and O–H groups in total. The number of para-hydroxylation sites is 1. The van der Waals surface area contributed by atoms with E-state index in [1.165, 1.54) is 5.01 Å². The van der Waals surface area contributed by atoms with E-state index in [-0.39, 0.29) is 5.91 Å². The van der Waals surface area contributed by atoms with Crippen molar-refractivity contribution in [2.24, 2.45) is 0 Å². The van der Waals surface area contributed by atoms with Gasteiger partial charge in [0.05, 0.1) is 11.9 Å². The predicted octanol–water partition coefficient (Wildman–Crippen LogP) is 0.990. The highest BCUT2D eigenvalue weighted by Crippen LogP contribution is 2.23. The highest BCUT2D eigenvalue weighted by atomic mass is 32.2. The Bertz CT molecular complexity index is 513. The molecule has 6 heteroatoms. The van der Waals surface area contributed by atoms with Crippen molar-refractivity contribution in [1.82, 2.24) is 5.01 Å². The van der Waals surface area contributed by atoms with E-state index in [0.717, 1.165) is 10.7 Å². The van der Waals surface area contributed by atoms with E-state index in [1.54, 1.807) is 30.3 Å². The highest BCUT2D eigenvalue weighted by Gasteiger charge is 2.32. The van der Waals surface area contributed by atoms with Crippen LogP contribution in [0.1, 0.15) is 12.8 Å². The number of rotatable bonds is 3. The van der Waals surface area contributed by atoms with Crippen molar-refractivity contribution in [3.05, 3.63) is 30.3 Å². The molecule has 0 radical (unpaired) electrons. The molecule has 1 aliphatic rings. The molecule has 5 nitrogen and oxygen atoms in total. The van der Waals surface area contributed by atoms with E-state index in [2.05, 4.69) is 0 Å². The quantitative estimate of drug-likeness (QED) is 0.808.